The van der Waals surface area contributed by atoms with Crippen molar-refractivity contribution in [1.82, 2.24) is 4.31 Å². The molecule has 0 aromatic heterocycles. The Bertz CT molecular complexity index is 587. The van der Waals surface area contributed by atoms with Crippen molar-refractivity contribution in [1.29, 1.82) is 0 Å². The van der Waals surface area contributed by atoms with Crippen molar-refractivity contribution >= 4 is 10.0 Å². The van der Waals surface area contributed by atoms with E-state index in [9.17, 15) is 13.5 Å². The summed E-state index contributed by atoms with van der Waals surface area (Å²) in [6, 6.07) is 4.58. The Morgan fingerprint density at radius 1 is 1.48 bits per heavy atom. The Kier molecular flexibility index (Phi) is 5.21. The molecule has 0 aliphatic carbocycles. The van der Waals surface area contributed by atoms with Gasteiger partial charge in [0.05, 0.1) is 30.8 Å². The maximum Gasteiger partial charge on any atom is 0.243 e. The van der Waals surface area contributed by atoms with E-state index >= 15 is 0 Å². The van der Waals surface area contributed by atoms with Gasteiger partial charge in [-0.05, 0) is 32.0 Å². The molecule has 2 rings (SSSR count). The van der Waals surface area contributed by atoms with Gasteiger partial charge in [0.1, 0.15) is 5.75 Å². The summed E-state index contributed by atoms with van der Waals surface area (Å²) in [6.07, 6.45) is -0.117. The molecule has 1 aromatic carbocycles. The highest BCUT2D eigenvalue weighted by Gasteiger charge is 2.29. The molecule has 1 saturated heterocycles. The van der Waals surface area contributed by atoms with Gasteiger partial charge in [0.15, 0.2) is 0 Å². The molecule has 1 heterocycles. The van der Waals surface area contributed by atoms with E-state index in [1.807, 2.05) is 13.8 Å². The molecule has 1 atom stereocenters. The van der Waals surface area contributed by atoms with Crippen LogP contribution in [0.5, 0.6) is 5.75 Å². The lowest BCUT2D eigenvalue weighted by atomic mass is 10.2. The first-order valence-electron chi connectivity index (χ1n) is 6.97. The number of aliphatic hydroxyl groups excluding tert-OH is 1. The smallest absolute Gasteiger partial charge is 0.243 e. The Hall–Kier alpha value is -1.15. The lowest BCUT2D eigenvalue weighted by molar-refractivity contribution is 0.0102. The first kappa shape index (κ1) is 16.2. The van der Waals surface area contributed by atoms with E-state index in [4.69, 9.17) is 9.47 Å². The fraction of sp³-hybridized carbons (Fsp3) is 0.571. The molecule has 1 N–H and O–H groups in total. The quantitative estimate of drug-likeness (QED) is 0.877. The van der Waals surface area contributed by atoms with Gasteiger partial charge in [0.25, 0.3) is 0 Å². The number of aliphatic hydroxyl groups is 1. The monoisotopic (exact) mass is 315 g/mol. The summed E-state index contributed by atoms with van der Waals surface area (Å²) in [4.78, 5) is 0.170. The van der Waals surface area contributed by atoms with Gasteiger partial charge in [-0.3, -0.25) is 0 Å². The zero-order valence-electron chi connectivity index (χ0n) is 12.3. The molecular formula is C14H21NO5S. The average molecular weight is 315 g/mol. The molecule has 6 nitrogen and oxygen atoms in total. The summed E-state index contributed by atoms with van der Waals surface area (Å²) in [6.45, 7) is 4.95. The average Bonchev–Trinajstić information content (AvgIpc) is 2.47. The van der Waals surface area contributed by atoms with Gasteiger partial charge in [-0.1, -0.05) is 0 Å². The third-order valence-electron chi connectivity index (χ3n) is 3.34. The van der Waals surface area contributed by atoms with Gasteiger partial charge in [0, 0.05) is 18.7 Å². The number of morpholine rings is 1. The van der Waals surface area contributed by atoms with Crippen molar-refractivity contribution in [3.05, 3.63) is 23.8 Å². The van der Waals surface area contributed by atoms with Gasteiger partial charge in [-0.2, -0.15) is 4.31 Å². The van der Waals surface area contributed by atoms with Crippen LogP contribution in [0.3, 0.4) is 0 Å². The predicted molar refractivity (Wildman–Crippen MR) is 77.7 cm³/mol. The van der Waals surface area contributed by atoms with Crippen LogP contribution in [0.15, 0.2) is 23.1 Å². The number of nitrogens with zero attached hydrogens (tertiary/aromatic N) is 1. The van der Waals surface area contributed by atoms with Crippen LogP contribution < -0.4 is 4.74 Å². The third kappa shape index (κ3) is 3.55. The Labute approximate surface area is 125 Å². The summed E-state index contributed by atoms with van der Waals surface area (Å²) in [5.74, 6) is 0.509. The lowest BCUT2D eigenvalue weighted by Gasteiger charge is -2.30. The van der Waals surface area contributed by atoms with E-state index in [0.717, 1.165) is 0 Å². The molecule has 1 fully saturated rings. The van der Waals surface area contributed by atoms with Crippen molar-refractivity contribution in [2.45, 2.75) is 31.5 Å². The molecule has 7 heteroatoms. The second-order valence-corrected chi connectivity index (χ2v) is 6.84. The summed E-state index contributed by atoms with van der Waals surface area (Å²) in [5, 5.41) is 9.38. The second kappa shape index (κ2) is 6.74. The summed E-state index contributed by atoms with van der Waals surface area (Å²) < 4.78 is 37.4. The minimum Gasteiger partial charge on any atom is -0.494 e. The van der Waals surface area contributed by atoms with Gasteiger partial charge < -0.3 is 14.6 Å². The van der Waals surface area contributed by atoms with Crippen LogP contribution in [0, 0.1) is 0 Å². The van der Waals surface area contributed by atoms with Gasteiger partial charge >= 0.3 is 0 Å². The standard InChI is InChI=1S/C14H21NO5S/c1-3-19-14-5-4-13(8-12(14)10-16)21(17,18)15-6-7-20-11(2)9-15/h4-5,8,11,16H,3,6-7,9-10H2,1-2H3. The second-order valence-electron chi connectivity index (χ2n) is 4.91. The van der Waals surface area contributed by atoms with E-state index in [1.165, 1.54) is 16.4 Å². The maximum atomic E-state index is 12.6. The molecule has 0 saturated carbocycles. The van der Waals surface area contributed by atoms with Crippen molar-refractivity contribution < 1.29 is 23.0 Å². The highest BCUT2D eigenvalue weighted by molar-refractivity contribution is 7.89. The van der Waals surface area contributed by atoms with Crippen molar-refractivity contribution in [3.8, 4) is 5.75 Å². The summed E-state index contributed by atoms with van der Waals surface area (Å²) in [7, 11) is -3.57. The molecule has 1 unspecified atom stereocenters. The van der Waals surface area contributed by atoms with Gasteiger partial charge in [0.2, 0.25) is 10.0 Å². The van der Waals surface area contributed by atoms with E-state index in [2.05, 4.69) is 0 Å². The number of benzene rings is 1. The van der Waals surface area contributed by atoms with Crippen LogP contribution in [0.2, 0.25) is 0 Å². The fourth-order valence-electron chi connectivity index (χ4n) is 2.29. The SMILES string of the molecule is CCOc1ccc(S(=O)(=O)N2CCOC(C)C2)cc1CO. The Morgan fingerprint density at radius 2 is 2.24 bits per heavy atom. The van der Waals surface area contributed by atoms with Crippen LogP contribution in [0.25, 0.3) is 0 Å². The zero-order chi connectivity index (χ0) is 15.5. The van der Waals surface area contributed by atoms with Crippen LogP contribution in [-0.4, -0.2) is 50.2 Å². The van der Waals surface area contributed by atoms with Crippen molar-refractivity contribution in [2.24, 2.45) is 0 Å². The minimum absolute atomic E-state index is 0.117. The zero-order valence-corrected chi connectivity index (χ0v) is 13.1. The highest BCUT2D eigenvalue weighted by Crippen LogP contribution is 2.25. The Balaban J connectivity index is 2.31. The topological polar surface area (TPSA) is 76.1 Å². The number of hydrogen-bond acceptors (Lipinski definition) is 5. The van der Waals surface area contributed by atoms with Crippen LogP contribution >= 0.6 is 0 Å². The summed E-state index contributed by atoms with van der Waals surface area (Å²) in [5.41, 5.74) is 0.472. The van der Waals surface area contributed by atoms with Crippen LogP contribution in [0.4, 0.5) is 0 Å². The number of rotatable bonds is 5. The maximum absolute atomic E-state index is 12.6. The van der Waals surface area contributed by atoms with Crippen molar-refractivity contribution in [2.75, 3.05) is 26.3 Å². The van der Waals surface area contributed by atoms with Gasteiger partial charge in [-0.25, -0.2) is 8.42 Å². The molecule has 1 aliphatic rings. The molecule has 21 heavy (non-hydrogen) atoms. The lowest BCUT2D eigenvalue weighted by Crippen LogP contribution is -2.44. The number of ether oxygens (including phenoxy) is 2. The van der Waals surface area contributed by atoms with Crippen LogP contribution in [-0.2, 0) is 21.4 Å². The minimum atomic E-state index is -3.57. The molecule has 0 amide bonds. The molecule has 118 valence electrons. The van der Waals surface area contributed by atoms with E-state index < -0.39 is 10.0 Å². The number of sulfonamides is 1. The molecular weight excluding hydrogens is 294 g/mol. The van der Waals surface area contributed by atoms with E-state index in [0.29, 0.717) is 37.6 Å². The molecule has 0 radical (unpaired) electrons. The molecule has 1 aliphatic heterocycles. The van der Waals surface area contributed by atoms with E-state index in [-0.39, 0.29) is 17.6 Å². The van der Waals surface area contributed by atoms with Crippen LogP contribution in [0.1, 0.15) is 19.4 Å². The number of hydrogen-bond donors (Lipinski definition) is 1. The fourth-order valence-corrected chi connectivity index (χ4v) is 3.84. The van der Waals surface area contributed by atoms with Crippen molar-refractivity contribution in [3.63, 3.8) is 0 Å². The Morgan fingerprint density at radius 3 is 2.86 bits per heavy atom. The normalized spacial score (nSPS) is 20.4. The molecule has 1 aromatic rings. The third-order valence-corrected chi connectivity index (χ3v) is 5.20. The van der Waals surface area contributed by atoms with Gasteiger partial charge in [-0.15, -0.1) is 0 Å². The molecule has 0 bridgehead atoms. The van der Waals surface area contributed by atoms with E-state index in [1.54, 1.807) is 6.07 Å². The molecule has 0 spiro atoms. The highest BCUT2D eigenvalue weighted by atomic mass is 32.2. The first-order chi connectivity index (χ1) is 9.98. The first-order valence-corrected chi connectivity index (χ1v) is 8.41. The predicted octanol–water partition coefficient (Wildman–Crippen LogP) is 0.987. The largest absolute Gasteiger partial charge is 0.494 e. The summed E-state index contributed by atoms with van der Waals surface area (Å²) >= 11 is 0.